The Morgan fingerprint density at radius 3 is 2.23 bits per heavy atom. The van der Waals surface area contributed by atoms with Crippen molar-refractivity contribution in [3.05, 3.63) is 12.4 Å². The van der Waals surface area contributed by atoms with Crippen LogP contribution < -0.4 is 16.1 Å². The van der Waals surface area contributed by atoms with Crippen molar-refractivity contribution in [3.63, 3.8) is 0 Å². The van der Waals surface area contributed by atoms with Crippen LogP contribution in [0.15, 0.2) is 12.4 Å². The standard InChI is InChI=1S/C24H40BN5O5/c1-15(2)18(29-21(32)33-22(3,4)5)19(31)30-11-10-17(14-30)28-20-26-12-16(13-27-20)25-34-23(6,7)24(8,9)35-25/h12-13,15,17-18H,10-11,14H2,1-9H3,(H,29,32)(H,26,27,28)/t17-,18-/m1/s1. The van der Waals surface area contributed by atoms with E-state index in [2.05, 4.69) is 20.6 Å². The van der Waals surface area contributed by atoms with Crippen LogP contribution in [0.2, 0.25) is 0 Å². The number of nitrogens with zero attached hydrogens (tertiary/aromatic N) is 3. The van der Waals surface area contributed by atoms with Crippen LogP contribution in [-0.2, 0) is 18.8 Å². The molecule has 0 saturated carbocycles. The SMILES string of the molecule is CC(C)[C@@H](NC(=O)OC(C)(C)C)C(=O)N1CC[C@@H](Nc2ncc(B3OC(C)(C)C(C)(C)O3)cn2)C1. The van der Waals surface area contributed by atoms with Gasteiger partial charge >= 0.3 is 13.2 Å². The van der Waals surface area contributed by atoms with Crippen LogP contribution in [0.1, 0.15) is 68.7 Å². The van der Waals surface area contributed by atoms with Gasteiger partial charge in [-0.05, 0) is 60.8 Å². The maximum absolute atomic E-state index is 13.2. The number of hydrogen-bond donors (Lipinski definition) is 2. The summed E-state index contributed by atoms with van der Waals surface area (Å²) in [7, 11) is -0.515. The lowest BCUT2D eigenvalue weighted by atomic mass is 9.81. The van der Waals surface area contributed by atoms with E-state index < -0.39 is 36.1 Å². The number of ether oxygens (including phenoxy) is 1. The quantitative estimate of drug-likeness (QED) is 0.586. The fraction of sp³-hybridized carbons (Fsp3) is 0.750. The van der Waals surface area contributed by atoms with Crippen LogP contribution in [-0.4, -0.2) is 76.0 Å². The number of hydrogen-bond acceptors (Lipinski definition) is 8. The molecule has 3 heterocycles. The maximum atomic E-state index is 13.2. The molecule has 2 amide bonds. The molecule has 1 aromatic rings. The first-order valence-corrected chi connectivity index (χ1v) is 12.3. The number of rotatable bonds is 6. The Labute approximate surface area is 209 Å². The van der Waals surface area contributed by atoms with Gasteiger partial charge in [0.15, 0.2) is 0 Å². The molecule has 2 atom stereocenters. The number of likely N-dealkylation sites (tertiary alicyclic amines) is 1. The average Bonchev–Trinajstić information content (AvgIpc) is 3.26. The fourth-order valence-corrected chi connectivity index (χ4v) is 3.92. The molecule has 11 heteroatoms. The van der Waals surface area contributed by atoms with Gasteiger partial charge in [-0.15, -0.1) is 0 Å². The van der Waals surface area contributed by atoms with Gasteiger partial charge in [-0.2, -0.15) is 0 Å². The second-order valence-corrected chi connectivity index (χ2v) is 11.7. The van der Waals surface area contributed by atoms with Crippen molar-refractivity contribution in [1.29, 1.82) is 0 Å². The Hall–Kier alpha value is -2.40. The smallest absolute Gasteiger partial charge is 0.444 e. The first-order chi connectivity index (χ1) is 16.1. The number of carbonyl (C=O) groups is 2. The third kappa shape index (κ3) is 6.64. The Bertz CT molecular complexity index is 900. The number of alkyl carbamates (subject to hydrolysis) is 1. The van der Waals surface area contributed by atoms with E-state index in [0.717, 1.165) is 11.9 Å². The maximum Gasteiger partial charge on any atom is 0.498 e. The number of carbonyl (C=O) groups excluding carboxylic acids is 2. The highest BCUT2D eigenvalue weighted by atomic mass is 16.7. The van der Waals surface area contributed by atoms with Gasteiger partial charge < -0.3 is 29.6 Å². The number of anilines is 1. The summed E-state index contributed by atoms with van der Waals surface area (Å²) in [6.07, 6.45) is 3.57. The number of nitrogens with one attached hydrogen (secondary N) is 2. The molecule has 3 rings (SSSR count). The topological polar surface area (TPSA) is 115 Å². The molecular weight excluding hydrogens is 449 g/mol. The highest BCUT2D eigenvalue weighted by Crippen LogP contribution is 2.36. The summed E-state index contributed by atoms with van der Waals surface area (Å²) in [6.45, 7) is 18.3. The van der Waals surface area contributed by atoms with Crippen LogP contribution in [0.4, 0.5) is 10.7 Å². The van der Waals surface area contributed by atoms with Gasteiger partial charge in [0.25, 0.3) is 0 Å². The molecule has 0 aromatic carbocycles. The second-order valence-electron chi connectivity index (χ2n) is 11.7. The molecule has 0 aliphatic carbocycles. The molecule has 0 unspecified atom stereocenters. The van der Waals surface area contributed by atoms with Gasteiger partial charge in [0, 0.05) is 37.0 Å². The normalized spacial score (nSPS) is 22.3. The van der Waals surface area contributed by atoms with Crippen LogP contribution >= 0.6 is 0 Å². The Morgan fingerprint density at radius 2 is 1.71 bits per heavy atom. The minimum Gasteiger partial charge on any atom is -0.444 e. The van der Waals surface area contributed by atoms with E-state index in [-0.39, 0.29) is 17.9 Å². The fourth-order valence-electron chi connectivity index (χ4n) is 3.92. The summed E-state index contributed by atoms with van der Waals surface area (Å²) < 4.78 is 17.4. The summed E-state index contributed by atoms with van der Waals surface area (Å²) in [5.41, 5.74) is -0.735. The molecule has 0 spiro atoms. The third-order valence-electron chi connectivity index (χ3n) is 6.64. The van der Waals surface area contributed by atoms with Gasteiger partial charge in [-0.25, -0.2) is 14.8 Å². The lowest BCUT2D eigenvalue weighted by molar-refractivity contribution is -0.133. The Balaban J connectivity index is 1.55. The van der Waals surface area contributed by atoms with Gasteiger partial charge in [-0.3, -0.25) is 4.79 Å². The minimum absolute atomic E-state index is 0.0102. The second kappa shape index (κ2) is 9.93. The van der Waals surface area contributed by atoms with E-state index in [9.17, 15) is 9.59 Å². The molecular formula is C24H40BN5O5. The van der Waals surface area contributed by atoms with Crippen LogP contribution in [0.5, 0.6) is 0 Å². The summed E-state index contributed by atoms with van der Waals surface area (Å²) in [5.74, 6) is 0.289. The predicted octanol–water partition coefficient (Wildman–Crippen LogP) is 2.34. The zero-order valence-corrected chi connectivity index (χ0v) is 22.5. The van der Waals surface area contributed by atoms with E-state index in [1.165, 1.54) is 0 Å². The lowest BCUT2D eigenvalue weighted by Gasteiger charge is -2.32. The molecule has 10 nitrogen and oxygen atoms in total. The highest BCUT2D eigenvalue weighted by molar-refractivity contribution is 6.61. The van der Waals surface area contributed by atoms with Crippen LogP contribution in [0.25, 0.3) is 0 Å². The molecule has 2 fully saturated rings. The van der Waals surface area contributed by atoms with E-state index in [0.29, 0.717) is 19.0 Å². The predicted molar refractivity (Wildman–Crippen MR) is 134 cm³/mol. The summed E-state index contributed by atoms with van der Waals surface area (Å²) in [6, 6.07) is -0.643. The van der Waals surface area contributed by atoms with Crippen LogP contribution in [0.3, 0.4) is 0 Å². The van der Waals surface area contributed by atoms with Gasteiger partial charge in [0.1, 0.15) is 11.6 Å². The Kier molecular flexibility index (Phi) is 7.71. The summed E-state index contributed by atoms with van der Waals surface area (Å²) in [5, 5.41) is 6.04. The van der Waals surface area contributed by atoms with E-state index in [1.54, 1.807) is 38.1 Å². The first kappa shape index (κ1) is 27.2. The van der Waals surface area contributed by atoms with Crippen molar-refractivity contribution < 1.29 is 23.6 Å². The van der Waals surface area contributed by atoms with Crippen LogP contribution in [0, 0.1) is 5.92 Å². The number of aromatic nitrogens is 2. The number of amides is 2. The molecule has 2 saturated heterocycles. The third-order valence-corrected chi connectivity index (χ3v) is 6.64. The summed E-state index contributed by atoms with van der Waals surface area (Å²) in [4.78, 5) is 36.0. The largest absolute Gasteiger partial charge is 0.498 e. The zero-order valence-electron chi connectivity index (χ0n) is 22.5. The van der Waals surface area contributed by atoms with Gasteiger partial charge in [0.2, 0.25) is 11.9 Å². The lowest BCUT2D eigenvalue weighted by Crippen LogP contribution is -2.52. The summed E-state index contributed by atoms with van der Waals surface area (Å²) >= 11 is 0. The van der Waals surface area contributed by atoms with Gasteiger partial charge in [0.05, 0.1) is 11.2 Å². The van der Waals surface area contributed by atoms with Crippen molar-refractivity contribution in [2.75, 3.05) is 18.4 Å². The molecule has 0 radical (unpaired) electrons. The molecule has 194 valence electrons. The average molecular weight is 489 g/mol. The zero-order chi connectivity index (χ0) is 26.2. The highest BCUT2D eigenvalue weighted by Gasteiger charge is 2.52. The van der Waals surface area contributed by atoms with Crippen molar-refractivity contribution in [2.45, 2.75) is 97.6 Å². The molecule has 35 heavy (non-hydrogen) atoms. The van der Waals surface area contributed by atoms with Crippen molar-refractivity contribution in [1.82, 2.24) is 20.2 Å². The molecule has 2 aliphatic heterocycles. The minimum atomic E-state index is -0.654. The molecule has 1 aromatic heterocycles. The molecule has 2 N–H and O–H groups in total. The monoisotopic (exact) mass is 489 g/mol. The van der Waals surface area contributed by atoms with E-state index >= 15 is 0 Å². The molecule has 2 aliphatic rings. The van der Waals surface area contributed by atoms with Crippen molar-refractivity contribution in [3.8, 4) is 0 Å². The Morgan fingerprint density at radius 1 is 1.14 bits per heavy atom. The van der Waals surface area contributed by atoms with Gasteiger partial charge in [-0.1, -0.05) is 13.8 Å². The van der Waals surface area contributed by atoms with E-state index in [4.69, 9.17) is 14.0 Å². The van der Waals surface area contributed by atoms with E-state index in [1.807, 2.05) is 41.5 Å². The van der Waals surface area contributed by atoms with Crippen molar-refractivity contribution in [2.24, 2.45) is 5.92 Å². The molecule has 0 bridgehead atoms. The van der Waals surface area contributed by atoms with Crippen molar-refractivity contribution >= 4 is 30.5 Å². The first-order valence-electron chi connectivity index (χ1n) is 12.3.